The molecular formula is C33H37NO. The van der Waals surface area contributed by atoms with Gasteiger partial charge in [-0.1, -0.05) is 116 Å². The summed E-state index contributed by atoms with van der Waals surface area (Å²) < 4.78 is 0. The van der Waals surface area contributed by atoms with E-state index in [9.17, 15) is 4.79 Å². The fraction of sp³-hybridized carbons (Fsp3) is 0.364. The first-order chi connectivity index (χ1) is 17.0. The average molecular weight is 464 g/mol. The molecule has 0 aliphatic heterocycles. The number of fused-ring (bicyclic) bond motifs is 1. The fourth-order valence-corrected chi connectivity index (χ4v) is 6.23. The van der Waals surface area contributed by atoms with Crippen LogP contribution < -0.4 is 0 Å². The van der Waals surface area contributed by atoms with E-state index in [1.807, 2.05) is 18.2 Å². The van der Waals surface area contributed by atoms with Crippen LogP contribution >= 0.6 is 0 Å². The quantitative estimate of drug-likeness (QED) is 0.306. The maximum Gasteiger partial charge on any atom is 0.227 e. The Morgan fingerprint density at radius 1 is 0.886 bits per heavy atom. The van der Waals surface area contributed by atoms with Crippen LogP contribution in [0.5, 0.6) is 0 Å². The van der Waals surface area contributed by atoms with E-state index in [4.69, 9.17) is 0 Å². The molecule has 1 amide bonds. The van der Waals surface area contributed by atoms with Gasteiger partial charge in [0, 0.05) is 19.0 Å². The second-order valence-corrected chi connectivity index (χ2v) is 11.0. The van der Waals surface area contributed by atoms with Gasteiger partial charge in [0.15, 0.2) is 0 Å². The topological polar surface area (TPSA) is 20.3 Å². The molecule has 2 unspecified atom stereocenters. The predicted octanol–water partition coefficient (Wildman–Crippen LogP) is 7.27. The van der Waals surface area contributed by atoms with Crippen molar-refractivity contribution < 1.29 is 4.79 Å². The third-order valence-electron chi connectivity index (χ3n) is 8.60. The number of hydrogen-bond acceptors (Lipinski definition) is 1. The molecule has 3 aliphatic rings. The van der Waals surface area contributed by atoms with Crippen molar-refractivity contribution in [1.82, 2.24) is 4.90 Å². The Hall–Kier alpha value is -3.13. The minimum atomic E-state index is 0.233. The maximum absolute atomic E-state index is 13.7. The van der Waals surface area contributed by atoms with Gasteiger partial charge in [-0.2, -0.15) is 0 Å². The molecular weight excluding hydrogens is 426 g/mol. The molecule has 0 N–H and O–H groups in total. The molecule has 0 saturated heterocycles. The van der Waals surface area contributed by atoms with Crippen molar-refractivity contribution in [2.75, 3.05) is 13.1 Å². The summed E-state index contributed by atoms with van der Waals surface area (Å²) in [5.74, 6) is 1.93. The molecule has 180 valence electrons. The lowest BCUT2D eigenvalue weighted by Gasteiger charge is -2.57. The Kier molecular flexibility index (Phi) is 6.90. The van der Waals surface area contributed by atoms with Crippen molar-refractivity contribution >= 4 is 5.91 Å². The van der Waals surface area contributed by atoms with Crippen molar-refractivity contribution in [3.63, 3.8) is 0 Å². The Labute approximate surface area is 210 Å². The number of rotatable bonds is 9. The van der Waals surface area contributed by atoms with Crippen molar-refractivity contribution in [3.8, 4) is 0 Å². The van der Waals surface area contributed by atoms with E-state index in [1.54, 1.807) is 0 Å². The normalized spacial score (nSPS) is 20.1. The summed E-state index contributed by atoms with van der Waals surface area (Å²) in [7, 11) is 0. The summed E-state index contributed by atoms with van der Waals surface area (Å²) in [5, 5.41) is 0. The zero-order valence-electron chi connectivity index (χ0n) is 21.1. The SMILES string of the molecule is CC1(C)C2CC=C(CN(CCC(c3ccccc3)c3ccccc3)C(=O)Cc3ccccc3)C1C2. The molecule has 0 spiro atoms. The number of carbonyl (C=O) groups excluding carboxylic acids is 1. The highest BCUT2D eigenvalue weighted by atomic mass is 16.2. The average Bonchev–Trinajstić information content (AvgIpc) is 2.90. The molecule has 3 aromatic rings. The van der Waals surface area contributed by atoms with Gasteiger partial charge in [0.1, 0.15) is 0 Å². The first kappa shape index (κ1) is 23.6. The van der Waals surface area contributed by atoms with Crippen LogP contribution in [-0.2, 0) is 11.2 Å². The molecule has 35 heavy (non-hydrogen) atoms. The van der Waals surface area contributed by atoms with Crippen LogP contribution in [-0.4, -0.2) is 23.9 Å². The van der Waals surface area contributed by atoms with Crippen molar-refractivity contribution in [2.45, 2.75) is 45.4 Å². The smallest absolute Gasteiger partial charge is 0.227 e. The maximum atomic E-state index is 13.7. The van der Waals surface area contributed by atoms with Crippen molar-refractivity contribution in [2.24, 2.45) is 17.3 Å². The molecule has 0 radical (unpaired) electrons. The van der Waals surface area contributed by atoms with Crippen molar-refractivity contribution in [1.29, 1.82) is 0 Å². The summed E-state index contributed by atoms with van der Waals surface area (Å²) >= 11 is 0. The fourth-order valence-electron chi connectivity index (χ4n) is 6.23. The lowest BCUT2D eigenvalue weighted by atomic mass is 9.49. The highest BCUT2D eigenvalue weighted by molar-refractivity contribution is 5.79. The summed E-state index contributed by atoms with van der Waals surface area (Å²) in [6.45, 7) is 6.35. The zero-order valence-corrected chi connectivity index (χ0v) is 21.1. The van der Waals surface area contributed by atoms with E-state index in [-0.39, 0.29) is 11.8 Å². The highest BCUT2D eigenvalue weighted by Crippen LogP contribution is 2.59. The van der Waals surface area contributed by atoms with Crippen LogP contribution in [0.4, 0.5) is 0 Å². The van der Waals surface area contributed by atoms with E-state index >= 15 is 0 Å². The number of amides is 1. The summed E-state index contributed by atoms with van der Waals surface area (Å²) in [6.07, 6.45) is 6.27. The molecule has 2 bridgehead atoms. The van der Waals surface area contributed by atoms with Gasteiger partial charge in [-0.25, -0.2) is 0 Å². The molecule has 2 heteroatoms. The monoisotopic (exact) mass is 463 g/mol. The van der Waals surface area contributed by atoms with Gasteiger partial charge >= 0.3 is 0 Å². The molecule has 1 fully saturated rings. The van der Waals surface area contributed by atoms with Crippen LogP contribution in [0.3, 0.4) is 0 Å². The van der Waals surface area contributed by atoms with Crippen LogP contribution in [0.25, 0.3) is 0 Å². The highest BCUT2D eigenvalue weighted by Gasteiger charge is 2.51. The number of nitrogens with zero attached hydrogens (tertiary/aromatic N) is 1. The number of carbonyl (C=O) groups is 1. The molecule has 0 heterocycles. The molecule has 3 aromatic carbocycles. The van der Waals surface area contributed by atoms with Crippen LogP contribution in [0.1, 0.15) is 55.7 Å². The second-order valence-electron chi connectivity index (χ2n) is 11.0. The molecule has 6 rings (SSSR count). The molecule has 1 saturated carbocycles. The lowest BCUT2D eigenvalue weighted by Crippen LogP contribution is -2.50. The van der Waals surface area contributed by atoms with Gasteiger partial charge in [-0.3, -0.25) is 4.79 Å². The van der Waals surface area contributed by atoms with Crippen LogP contribution in [0, 0.1) is 17.3 Å². The van der Waals surface area contributed by atoms with E-state index in [2.05, 4.69) is 97.6 Å². The number of allylic oxidation sites excluding steroid dienone is 1. The van der Waals surface area contributed by atoms with E-state index in [0.29, 0.717) is 17.8 Å². The van der Waals surface area contributed by atoms with Crippen molar-refractivity contribution in [3.05, 3.63) is 119 Å². The van der Waals surface area contributed by atoms with Gasteiger partial charge in [0.05, 0.1) is 6.42 Å². The van der Waals surface area contributed by atoms with E-state index in [1.165, 1.54) is 23.1 Å². The molecule has 2 nitrogen and oxygen atoms in total. The molecule has 3 aliphatic carbocycles. The predicted molar refractivity (Wildman–Crippen MR) is 144 cm³/mol. The third-order valence-corrected chi connectivity index (χ3v) is 8.60. The first-order valence-electron chi connectivity index (χ1n) is 13.1. The number of benzene rings is 3. The molecule has 0 aromatic heterocycles. The Balaban J connectivity index is 1.37. The van der Waals surface area contributed by atoms with E-state index in [0.717, 1.165) is 37.4 Å². The zero-order chi connectivity index (χ0) is 24.3. The van der Waals surface area contributed by atoms with Gasteiger partial charge in [-0.05, 0) is 53.2 Å². The Morgan fingerprint density at radius 2 is 1.46 bits per heavy atom. The van der Waals surface area contributed by atoms with Crippen LogP contribution in [0.2, 0.25) is 0 Å². The summed E-state index contributed by atoms with van der Waals surface area (Å²) in [6, 6.07) is 31.7. The van der Waals surface area contributed by atoms with Gasteiger partial charge in [-0.15, -0.1) is 0 Å². The van der Waals surface area contributed by atoms with Gasteiger partial charge < -0.3 is 4.90 Å². The minimum absolute atomic E-state index is 0.233. The van der Waals surface area contributed by atoms with Gasteiger partial charge in [0.25, 0.3) is 0 Å². The minimum Gasteiger partial charge on any atom is -0.338 e. The third kappa shape index (κ3) is 5.12. The second kappa shape index (κ2) is 10.2. The molecule has 2 atom stereocenters. The Bertz CT molecular complexity index is 1110. The van der Waals surface area contributed by atoms with Gasteiger partial charge in [0.2, 0.25) is 5.91 Å². The van der Waals surface area contributed by atoms with Crippen LogP contribution in [0.15, 0.2) is 103 Å². The Morgan fingerprint density at radius 3 is 2.00 bits per heavy atom. The lowest BCUT2D eigenvalue weighted by molar-refractivity contribution is -0.130. The summed E-state index contributed by atoms with van der Waals surface area (Å²) in [4.78, 5) is 15.8. The standard InChI is InChI=1S/C33H37NO/c1-33(2)29-19-18-28(31(33)23-29)24-34(32(35)22-25-12-6-3-7-13-25)21-20-30(26-14-8-4-9-15-26)27-16-10-5-11-17-27/h3-18,29-31H,19-24H2,1-2H3. The summed E-state index contributed by atoms with van der Waals surface area (Å²) in [5.41, 5.74) is 5.57. The number of hydrogen-bond donors (Lipinski definition) is 0. The first-order valence-corrected chi connectivity index (χ1v) is 13.1. The van der Waals surface area contributed by atoms with E-state index < -0.39 is 0 Å². The largest absolute Gasteiger partial charge is 0.338 e.